The summed E-state index contributed by atoms with van der Waals surface area (Å²) in [6.45, 7) is 6.06. The number of aliphatic imine (C=N–C) groups is 1. The first kappa shape index (κ1) is 18.7. The number of guanidine groups is 1. The molecule has 1 amide bonds. The van der Waals surface area contributed by atoms with Gasteiger partial charge in [0.15, 0.2) is 5.96 Å². The summed E-state index contributed by atoms with van der Waals surface area (Å²) in [5.41, 5.74) is 2.12. The zero-order chi connectivity index (χ0) is 15.1. The second-order valence-electron chi connectivity index (χ2n) is 5.15. The summed E-state index contributed by atoms with van der Waals surface area (Å²) in [6.07, 6.45) is 3.18. The molecule has 1 aromatic rings. The SMILES string of the molecule is CCNC(=NCc1ncccc1C)NC1CCC(=O)NC1.I. The molecule has 0 radical (unpaired) electrons. The molecule has 6 nitrogen and oxygen atoms in total. The summed E-state index contributed by atoms with van der Waals surface area (Å²) in [7, 11) is 0. The van der Waals surface area contributed by atoms with E-state index in [0.717, 1.165) is 30.2 Å². The minimum atomic E-state index is 0. The first-order chi connectivity index (χ1) is 10.2. The van der Waals surface area contributed by atoms with Gasteiger partial charge in [-0.3, -0.25) is 9.78 Å². The molecule has 0 bridgehead atoms. The number of hydrogen-bond acceptors (Lipinski definition) is 3. The second kappa shape index (κ2) is 9.60. The van der Waals surface area contributed by atoms with Crippen molar-refractivity contribution in [3.05, 3.63) is 29.6 Å². The van der Waals surface area contributed by atoms with Gasteiger partial charge in [0, 0.05) is 31.7 Å². The number of aryl methyl sites for hydroxylation is 1. The molecule has 1 aromatic heterocycles. The number of piperidine rings is 1. The topological polar surface area (TPSA) is 78.4 Å². The molecule has 0 spiro atoms. The first-order valence-corrected chi connectivity index (χ1v) is 7.41. The number of halogens is 1. The summed E-state index contributed by atoms with van der Waals surface area (Å²) in [5, 5.41) is 9.46. The monoisotopic (exact) mass is 417 g/mol. The van der Waals surface area contributed by atoms with E-state index < -0.39 is 0 Å². The van der Waals surface area contributed by atoms with Crippen LogP contribution in [-0.2, 0) is 11.3 Å². The van der Waals surface area contributed by atoms with Crippen LogP contribution in [0.15, 0.2) is 23.3 Å². The van der Waals surface area contributed by atoms with Gasteiger partial charge in [-0.25, -0.2) is 4.99 Å². The van der Waals surface area contributed by atoms with E-state index in [1.54, 1.807) is 6.20 Å². The Kier molecular flexibility index (Phi) is 8.15. The van der Waals surface area contributed by atoms with Crippen molar-refractivity contribution >= 4 is 35.8 Å². The predicted molar refractivity (Wildman–Crippen MR) is 98.4 cm³/mol. The van der Waals surface area contributed by atoms with Crippen molar-refractivity contribution in [3.8, 4) is 0 Å². The van der Waals surface area contributed by atoms with Crippen LogP contribution >= 0.6 is 24.0 Å². The molecule has 1 fully saturated rings. The van der Waals surface area contributed by atoms with Crippen molar-refractivity contribution in [2.24, 2.45) is 4.99 Å². The van der Waals surface area contributed by atoms with E-state index in [0.29, 0.717) is 19.5 Å². The fourth-order valence-corrected chi connectivity index (χ4v) is 2.21. The molecule has 22 heavy (non-hydrogen) atoms. The average molecular weight is 417 g/mol. The molecule has 2 heterocycles. The smallest absolute Gasteiger partial charge is 0.220 e. The van der Waals surface area contributed by atoms with Gasteiger partial charge >= 0.3 is 0 Å². The van der Waals surface area contributed by atoms with E-state index in [1.807, 2.05) is 26.0 Å². The van der Waals surface area contributed by atoms with Gasteiger partial charge < -0.3 is 16.0 Å². The van der Waals surface area contributed by atoms with Gasteiger partial charge in [0.05, 0.1) is 12.2 Å². The molecular weight excluding hydrogens is 393 g/mol. The van der Waals surface area contributed by atoms with Gasteiger partial charge in [0.1, 0.15) is 0 Å². The van der Waals surface area contributed by atoms with Crippen LogP contribution in [0.1, 0.15) is 31.0 Å². The van der Waals surface area contributed by atoms with Gasteiger partial charge in [0.2, 0.25) is 5.91 Å². The summed E-state index contributed by atoms with van der Waals surface area (Å²) in [4.78, 5) is 20.1. The Morgan fingerprint density at radius 3 is 3.00 bits per heavy atom. The third-order valence-electron chi connectivity index (χ3n) is 3.46. The molecule has 1 atom stereocenters. The van der Waals surface area contributed by atoms with Crippen molar-refractivity contribution in [2.45, 2.75) is 39.3 Å². The Hall–Kier alpha value is -1.38. The van der Waals surface area contributed by atoms with Gasteiger partial charge in [-0.05, 0) is 31.9 Å². The van der Waals surface area contributed by atoms with E-state index in [-0.39, 0.29) is 35.9 Å². The van der Waals surface area contributed by atoms with Crippen LogP contribution in [0.3, 0.4) is 0 Å². The number of nitrogens with one attached hydrogen (secondary N) is 3. The molecule has 0 aliphatic carbocycles. The molecule has 1 aliphatic rings. The zero-order valence-electron chi connectivity index (χ0n) is 13.1. The van der Waals surface area contributed by atoms with E-state index in [9.17, 15) is 4.79 Å². The summed E-state index contributed by atoms with van der Waals surface area (Å²) in [5.74, 6) is 0.891. The summed E-state index contributed by atoms with van der Waals surface area (Å²) >= 11 is 0. The normalized spacial score (nSPS) is 18.2. The van der Waals surface area contributed by atoms with Gasteiger partial charge in [-0.15, -0.1) is 24.0 Å². The Balaban J connectivity index is 0.00000242. The largest absolute Gasteiger partial charge is 0.357 e. The number of carbonyl (C=O) groups excluding carboxylic acids is 1. The van der Waals surface area contributed by atoms with Crippen molar-refractivity contribution in [1.29, 1.82) is 0 Å². The van der Waals surface area contributed by atoms with Crippen LogP contribution in [0, 0.1) is 6.92 Å². The highest BCUT2D eigenvalue weighted by molar-refractivity contribution is 14.0. The maximum atomic E-state index is 11.2. The van der Waals surface area contributed by atoms with Crippen LogP contribution in [0.2, 0.25) is 0 Å². The van der Waals surface area contributed by atoms with Crippen LogP contribution < -0.4 is 16.0 Å². The number of amides is 1. The molecular formula is C15H24IN5O. The minimum Gasteiger partial charge on any atom is -0.357 e. The number of aromatic nitrogens is 1. The number of pyridine rings is 1. The molecule has 3 N–H and O–H groups in total. The van der Waals surface area contributed by atoms with Gasteiger partial charge in [-0.1, -0.05) is 6.07 Å². The fourth-order valence-electron chi connectivity index (χ4n) is 2.21. The molecule has 2 rings (SSSR count). The molecule has 122 valence electrons. The third-order valence-corrected chi connectivity index (χ3v) is 3.46. The minimum absolute atomic E-state index is 0. The fraction of sp³-hybridized carbons (Fsp3) is 0.533. The number of rotatable bonds is 4. The lowest BCUT2D eigenvalue weighted by Crippen LogP contribution is -2.51. The lowest BCUT2D eigenvalue weighted by Gasteiger charge is -2.25. The second-order valence-corrected chi connectivity index (χ2v) is 5.15. The third kappa shape index (κ3) is 5.78. The van der Waals surface area contributed by atoms with Crippen LogP contribution in [0.5, 0.6) is 0 Å². The Morgan fingerprint density at radius 2 is 2.36 bits per heavy atom. The number of nitrogens with zero attached hydrogens (tertiary/aromatic N) is 2. The predicted octanol–water partition coefficient (Wildman–Crippen LogP) is 1.34. The highest BCUT2D eigenvalue weighted by Crippen LogP contribution is 2.05. The molecule has 1 saturated heterocycles. The lowest BCUT2D eigenvalue weighted by molar-refractivity contribution is -0.122. The van der Waals surface area contributed by atoms with Crippen molar-refractivity contribution in [2.75, 3.05) is 13.1 Å². The maximum absolute atomic E-state index is 11.2. The maximum Gasteiger partial charge on any atom is 0.220 e. The highest BCUT2D eigenvalue weighted by Gasteiger charge is 2.18. The van der Waals surface area contributed by atoms with E-state index >= 15 is 0 Å². The molecule has 0 saturated carbocycles. The van der Waals surface area contributed by atoms with Crippen LogP contribution in [0.25, 0.3) is 0 Å². The van der Waals surface area contributed by atoms with Crippen LogP contribution in [-0.4, -0.2) is 36.0 Å². The van der Waals surface area contributed by atoms with Crippen molar-refractivity contribution in [3.63, 3.8) is 0 Å². The van der Waals surface area contributed by atoms with Crippen molar-refractivity contribution < 1.29 is 4.79 Å². The standard InChI is InChI=1S/C15H23N5O.HI/c1-3-16-15(20-12-6-7-14(21)18-9-12)19-10-13-11(2)5-4-8-17-13;/h4-5,8,12H,3,6-7,9-10H2,1-2H3,(H,18,21)(H2,16,19,20);1H. The Morgan fingerprint density at radius 1 is 1.55 bits per heavy atom. The summed E-state index contributed by atoms with van der Waals surface area (Å²) in [6, 6.07) is 4.19. The zero-order valence-corrected chi connectivity index (χ0v) is 15.4. The van der Waals surface area contributed by atoms with Crippen molar-refractivity contribution in [1.82, 2.24) is 20.9 Å². The summed E-state index contributed by atoms with van der Waals surface area (Å²) < 4.78 is 0. The van der Waals surface area contributed by atoms with Gasteiger partial charge in [-0.2, -0.15) is 0 Å². The lowest BCUT2D eigenvalue weighted by atomic mass is 10.1. The van der Waals surface area contributed by atoms with Gasteiger partial charge in [0.25, 0.3) is 0 Å². The average Bonchev–Trinajstić information content (AvgIpc) is 2.49. The number of hydrogen-bond donors (Lipinski definition) is 3. The number of carbonyl (C=O) groups is 1. The van der Waals surface area contributed by atoms with E-state index in [2.05, 4.69) is 25.9 Å². The van der Waals surface area contributed by atoms with E-state index in [1.165, 1.54) is 0 Å². The molecule has 1 unspecified atom stereocenters. The Bertz CT molecular complexity index is 510. The molecule has 0 aromatic carbocycles. The quantitative estimate of drug-likeness (QED) is 0.393. The molecule has 7 heteroatoms. The Labute approximate surface area is 148 Å². The van der Waals surface area contributed by atoms with Crippen LogP contribution in [0.4, 0.5) is 0 Å². The van der Waals surface area contributed by atoms with E-state index in [4.69, 9.17) is 0 Å². The highest BCUT2D eigenvalue weighted by atomic mass is 127. The molecule has 1 aliphatic heterocycles. The first-order valence-electron chi connectivity index (χ1n) is 7.41.